The Hall–Kier alpha value is -1.17. The Labute approximate surface area is 175 Å². The van der Waals surface area contributed by atoms with Gasteiger partial charge >= 0.3 is 0 Å². The van der Waals surface area contributed by atoms with Crippen molar-refractivity contribution < 1.29 is 14.1 Å². The molecule has 28 heavy (non-hydrogen) atoms. The van der Waals surface area contributed by atoms with Crippen molar-refractivity contribution in [2.45, 2.75) is 72.1 Å². The van der Waals surface area contributed by atoms with Crippen LogP contribution < -0.4 is 5.32 Å². The minimum Gasteiger partial charge on any atom is -0.508 e. The second-order valence-corrected chi connectivity index (χ2v) is 8.05. The van der Waals surface area contributed by atoms with Crippen LogP contribution in [0.5, 0.6) is 5.75 Å². The molecule has 0 fully saturated rings. The number of hydrogen-bond donors (Lipinski definition) is 2. The van der Waals surface area contributed by atoms with Crippen LogP contribution in [0, 0.1) is 0 Å². The third kappa shape index (κ3) is 9.35. The van der Waals surface area contributed by atoms with Crippen LogP contribution in [-0.4, -0.2) is 43.2 Å². The van der Waals surface area contributed by atoms with Crippen LogP contribution in [0.2, 0.25) is 0 Å². The van der Waals surface area contributed by atoms with E-state index < -0.39 is 0 Å². The summed E-state index contributed by atoms with van der Waals surface area (Å²) >= 11 is 0. The molecular weight excluding hydrogens is 370 g/mol. The molecule has 0 aliphatic heterocycles. The first-order chi connectivity index (χ1) is 13.6. The van der Waals surface area contributed by atoms with Crippen LogP contribution in [0.4, 0.5) is 0 Å². The number of hydrogen-bond acceptors (Lipinski definition) is 4. The molecule has 2 rings (SSSR count). The number of rotatable bonds is 9. The van der Waals surface area contributed by atoms with Crippen molar-refractivity contribution >= 4 is 22.4 Å². The lowest BCUT2D eigenvalue weighted by atomic mass is 9.91. The molecule has 1 aliphatic rings. The van der Waals surface area contributed by atoms with Gasteiger partial charge in [0.25, 0.3) is 0 Å². The molecule has 0 aromatic heterocycles. The summed E-state index contributed by atoms with van der Waals surface area (Å²) < 4.78 is 5.87. The largest absolute Gasteiger partial charge is 0.508 e. The maximum absolute atomic E-state index is 10.3. The molecule has 0 heterocycles. The predicted molar refractivity (Wildman–Crippen MR) is 125 cm³/mol. The van der Waals surface area contributed by atoms with Crippen molar-refractivity contribution in [1.82, 2.24) is 5.32 Å². The third-order valence-corrected chi connectivity index (χ3v) is 5.87. The normalized spacial score (nSPS) is 15.7. The summed E-state index contributed by atoms with van der Waals surface area (Å²) in [5.41, 5.74) is 3.93. The highest BCUT2D eigenvalue weighted by Gasteiger charge is 2.26. The lowest BCUT2D eigenvalue weighted by molar-refractivity contribution is -0.107. The molecule has 162 valence electrons. The number of phenols is 1. The van der Waals surface area contributed by atoms with Crippen molar-refractivity contribution in [3.63, 3.8) is 0 Å². The van der Waals surface area contributed by atoms with E-state index in [0.29, 0.717) is 24.7 Å². The van der Waals surface area contributed by atoms with Gasteiger partial charge in [0.2, 0.25) is 0 Å². The molecule has 0 saturated carbocycles. The Morgan fingerprint density at radius 1 is 1.29 bits per heavy atom. The quantitative estimate of drug-likeness (QED) is 0.431. The summed E-state index contributed by atoms with van der Waals surface area (Å²) in [5.74, 6) is 1.01. The topological polar surface area (TPSA) is 58.6 Å². The summed E-state index contributed by atoms with van der Waals surface area (Å²) in [5, 5.41) is 15.8. The Balaban J connectivity index is 0.00000108. The fraction of sp³-hybridized carbons (Fsp3) is 0.652. The zero-order chi connectivity index (χ0) is 21.4. The van der Waals surface area contributed by atoms with Gasteiger partial charge in [-0.15, -0.1) is 0 Å². The van der Waals surface area contributed by atoms with Crippen molar-refractivity contribution in [1.29, 1.82) is 0 Å². The molecule has 2 atom stereocenters. The van der Waals surface area contributed by atoms with Crippen molar-refractivity contribution in [2.24, 2.45) is 0 Å². The monoisotopic (exact) mass is 411 g/mol. The highest BCUT2D eigenvalue weighted by Crippen LogP contribution is 2.41. The van der Waals surface area contributed by atoms with Crippen molar-refractivity contribution in [3.05, 3.63) is 28.8 Å². The van der Waals surface area contributed by atoms with E-state index in [2.05, 4.69) is 29.9 Å². The minimum atomic E-state index is -0.0788. The van der Waals surface area contributed by atoms with Gasteiger partial charge in [-0.05, 0) is 73.3 Å². The van der Waals surface area contributed by atoms with Crippen LogP contribution >= 0.6 is 10.8 Å². The lowest BCUT2D eigenvalue weighted by Gasteiger charge is -2.17. The Morgan fingerprint density at radius 2 is 1.96 bits per heavy atom. The number of phenolic OH excluding ortho intramolecular Hbond substituents is 1. The molecule has 4 nitrogen and oxygen atoms in total. The van der Waals surface area contributed by atoms with E-state index in [4.69, 9.17) is 4.18 Å². The lowest BCUT2D eigenvalue weighted by Crippen LogP contribution is -2.12. The van der Waals surface area contributed by atoms with Crippen LogP contribution in [0.3, 0.4) is 0 Å². The molecule has 0 bridgehead atoms. The molecule has 1 aliphatic carbocycles. The van der Waals surface area contributed by atoms with Crippen LogP contribution in [0.15, 0.2) is 12.1 Å². The standard InChI is InChI=1S/C18H29NO2S.C3H6O.C2H6/c1-4-13-22(3)21-12-10-16-17(20)8-7-14-5-6-15(18(14)16)9-11-19-2;1-2-3-4;1-2/h7-8,13,15,19-20H,4-6,9-12H2,1-3H3;3H,2H2,1H3;1-2H3/t15-,22?;;/m0../s1. The SMILES string of the molecule is CC.CCC=O.CCC=S(C)OCCc1c(O)ccc2c1[C@H](CCNC)CC2. The zero-order valence-corrected chi connectivity index (χ0v) is 19.5. The first kappa shape index (κ1) is 26.8. The number of fused-ring (bicyclic) bond motifs is 1. The summed E-state index contributed by atoms with van der Waals surface area (Å²) in [6.07, 6.45) is 8.95. The molecule has 5 heteroatoms. The maximum Gasteiger partial charge on any atom is 0.119 e. The first-order valence-corrected chi connectivity index (χ1v) is 12.2. The van der Waals surface area contributed by atoms with Crippen molar-refractivity contribution in [2.75, 3.05) is 26.5 Å². The summed E-state index contributed by atoms with van der Waals surface area (Å²) in [7, 11) is 1.92. The summed E-state index contributed by atoms with van der Waals surface area (Å²) in [6.45, 7) is 9.65. The van der Waals surface area contributed by atoms with Crippen molar-refractivity contribution in [3.8, 4) is 5.75 Å². The molecule has 0 amide bonds. The second-order valence-electron chi connectivity index (χ2n) is 6.48. The molecule has 1 unspecified atom stereocenters. The van der Waals surface area contributed by atoms with Gasteiger partial charge in [-0.3, -0.25) is 0 Å². The van der Waals surface area contributed by atoms with Gasteiger partial charge in [0.15, 0.2) is 0 Å². The number of aryl methyl sites for hydroxylation is 1. The van der Waals surface area contributed by atoms with Gasteiger partial charge in [-0.2, -0.15) is 0 Å². The maximum atomic E-state index is 10.3. The van der Waals surface area contributed by atoms with E-state index in [9.17, 15) is 9.90 Å². The van der Waals surface area contributed by atoms with Gasteiger partial charge in [0.1, 0.15) is 12.0 Å². The van der Waals surface area contributed by atoms with Gasteiger partial charge in [0, 0.05) is 19.1 Å². The molecular formula is C23H41NO3S. The third-order valence-electron chi connectivity index (χ3n) is 4.53. The Bertz CT molecular complexity index is 587. The average molecular weight is 412 g/mol. The van der Waals surface area contributed by atoms with E-state index in [0.717, 1.165) is 44.1 Å². The summed E-state index contributed by atoms with van der Waals surface area (Å²) in [6, 6.07) is 3.96. The molecule has 0 radical (unpaired) electrons. The summed E-state index contributed by atoms with van der Waals surface area (Å²) in [4.78, 5) is 9.17. The van der Waals surface area contributed by atoms with Gasteiger partial charge in [-0.1, -0.05) is 44.5 Å². The van der Waals surface area contributed by atoms with Crippen LogP contribution in [0.25, 0.3) is 0 Å². The number of carbonyl (C=O) groups excluding carboxylic acids is 1. The van der Waals surface area contributed by atoms with E-state index in [-0.39, 0.29) is 10.8 Å². The predicted octanol–water partition coefficient (Wildman–Crippen LogP) is 5.24. The molecule has 2 N–H and O–H groups in total. The fourth-order valence-electron chi connectivity index (χ4n) is 3.33. The van der Waals surface area contributed by atoms with E-state index >= 15 is 0 Å². The Morgan fingerprint density at radius 3 is 2.54 bits per heavy atom. The average Bonchev–Trinajstić information content (AvgIpc) is 3.13. The molecule has 0 saturated heterocycles. The second kappa shape index (κ2) is 16.8. The smallest absolute Gasteiger partial charge is 0.119 e. The minimum absolute atomic E-state index is 0.0788. The van der Waals surface area contributed by atoms with E-state index in [1.807, 2.05) is 33.9 Å². The number of nitrogens with one attached hydrogen (secondary N) is 1. The van der Waals surface area contributed by atoms with Crippen LogP contribution in [0.1, 0.15) is 76.0 Å². The molecule has 1 aromatic rings. The zero-order valence-electron chi connectivity index (χ0n) is 18.7. The number of benzene rings is 1. The number of aromatic hydroxyl groups is 1. The van der Waals surface area contributed by atoms with E-state index in [1.165, 1.54) is 17.5 Å². The first-order valence-electron chi connectivity index (χ1n) is 10.6. The molecule has 1 aromatic carbocycles. The van der Waals surface area contributed by atoms with E-state index in [1.54, 1.807) is 0 Å². The number of carbonyl (C=O) groups is 1. The van der Waals surface area contributed by atoms with Gasteiger partial charge in [0.05, 0.1) is 6.61 Å². The van der Waals surface area contributed by atoms with Crippen LogP contribution in [-0.2, 0) is 21.8 Å². The highest BCUT2D eigenvalue weighted by atomic mass is 32.2. The Kier molecular flexibility index (Phi) is 16.1. The number of aldehydes is 1. The van der Waals surface area contributed by atoms with Gasteiger partial charge in [-0.25, -0.2) is 0 Å². The molecule has 0 spiro atoms. The highest BCUT2D eigenvalue weighted by molar-refractivity contribution is 8.10. The van der Waals surface area contributed by atoms with Gasteiger partial charge < -0.3 is 19.4 Å². The fourth-order valence-corrected chi connectivity index (χ4v) is 4.24.